The quantitative estimate of drug-likeness (QED) is 0.501. The molecule has 0 aromatic carbocycles. The molecule has 20 heavy (non-hydrogen) atoms. The van der Waals surface area contributed by atoms with Crippen molar-refractivity contribution in [2.75, 3.05) is 12.4 Å². The lowest BCUT2D eigenvalue weighted by atomic mass is 10.2. The maximum absolute atomic E-state index is 11.2. The molecule has 0 spiro atoms. The molecule has 0 atom stereocenters. The molecule has 106 valence electrons. The van der Waals surface area contributed by atoms with Crippen LogP contribution in [0.25, 0.3) is 11.5 Å². The highest BCUT2D eigenvalue weighted by Crippen LogP contribution is 2.32. The number of hydrogen-bond donors (Lipinski definition) is 4. The molecule has 2 aromatic rings. The van der Waals surface area contributed by atoms with Crippen molar-refractivity contribution < 1.29 is 9.21 Å². The standard InChI is InChI=1S/C11H14N6O2S/c1-5-3-7(16-10(18)14-2)19-8(5)6-4-20-11(15-6)17-9(12)13/h3-4H,1-2H3,(H2,14,16,18)(H4,12,13,15,17). The van der Waals surface area contributed by atoms with Crippen LogP contribution in [-0.2, 0) is 0 Å². The van der Waals surface area contributed by atoms with Gasteiger partial charge in [0.25, 0.3) is 0 Å². The number of rotatable bonds is 3. The minimum absolute atomic E-state index is 0.0518. The minimum atomic E-state index is -0.357. The lowest BCUT2D eigenvalue weighted by Gasteiger charge is -1.98. The van der Waals surface area contributed by atoms with Crippen LogP contribution in [0.5, 0.6) is 0 Å². The molecule has 0 aliphatic rings. The van der Waals surface area contributed by atoms with Crippen LogP contribution in [0.1, 0.15) is 5.56 Å². The van der Waals surface area contributed by atoms with E-state index in [1.807, 2.05) is 6.92 Å². The van der Waals surface area contributed by atoms with Crippen molar-refractivity contribution in [1.29, 1.82) is 0 Å². The van der Waals surface area contributed by atoms with Gasteiger partial charge in [-0.15, -0.1) is 11.3 Å². The monoisotopic (exact) mass is 294 g/mol. The summed E-state index contributed by atoms with van der Waals surface area (Å²) in [4.78, 5) is 19.3. The highest BCUT2D eigenvalue weighted by atomic mass is 32.1. The Kier molecular flexibility index (Phi) is 3.89. The fourth-order valence-corrected chi connectivity index (χ4v) is 2.19. The molecular formula is C11H14N6O2S. The Morgan fingerprint density at radius 1 is 1.50 bits per heavy atom. The number of guanidine groups is 1. The van der Waals surface area contributed by atoms with Crippen LogP contribution < -0.4 is 22.1 Å². The number of hydrogen-bond acceptors (Lipinski definition) is 5. The van der Waals surface area contributed by atoms with Crippen LogP contribution in [0, 0.1) is 6.92 Å². The van der Waals surface area contributed by atoms with E-state index in [1.165, 1.54) is 18.4 Å². The molecule has 6 N–H and O–H groups in total. The number of nitrogens with zero attached hydrogens (tertiary/aromatic N) is 2. The number of aliphatic imine (C=N–C) groups is 1. The highest BCUT2D eigenvalue weighted by molar-refractivity contribution is 7.13. The van der Waals surface area contributed by atoms with E-state index in [1.54, 1.807) is 11.4 Å². The second kappa shape index (κ2) is 5.61. The average molecular weight is 294 g/mol. The van der Waals surface area contributed by atoms with E-state index >= 15 is 0 Å². The zero-order chi connectivity index (χ0) is 14.7. The zero-order valence-electron chi connectivity index (χ0n) is 10.9. The van der Waals surface area contributed by atoms with Crippen LogP contribution in [0.15, 0.2) is 20.9 Å². The van der Waals surface area contributed by atoms with Gasteiger partial charge in [0.1, 0.15) is 5.69 Å². The number of anilines is 1. The lowest BCUT2D eigenvalue weighted by Crippen LogP contribution is -2.24. The summed E-state index contributed by atoms with van der Waals surface area (Å²) >= 11 is 1.29. The Hall–Kier alpha value is -2.55. The van der Waals surface area contributed by atoms with Gasteiger partial charge in [0, 0.05) is 18.5 Å². The van der Waals surface area contributed by atoms with Gasteiger partial charge in [-0.3, -0.25) is 5.32 Å². The predicted molar refractivity (Wildman–Crippen MR) is 78.1 cm³/mol. The number of urea groups is 1. The average Bonchev–Trinajstić information content (AvgIpc) is 2.95. The van der Waals surface area contributed by atoms with E-state index in [9.17, 15) is 4.79 Å². The van der Waals surface area contributed by atoms with E-state index in [2.05, 4.69) is 20.6 Å². The number of nitrogens with two attached hydrogens (primary N) is 2. The van der Waals surface area contributed by atoms with E-state index in [0.717, 1.165) is 5.56 Å². The highest BCUT2D eigenvalue weighted by Gasteiger charge is 2.14. The van der Waals surface area contributed by atoms with Gasteiger partial charge in [0.2, 0.25) is 11.0 Å². The van der Waals surface area contributed by atoms with Crippen LogP contribution in [0.4, 0.5) is 15.8 Å². The van der Waals surface area contributed by atoms with Gasteiger partial charge in [-0.2, -0.15) is 4.99 Å². The van der Waals surface area contributed by atoms with Crippen LogP contribution in [0.2, 0.25) is 0 Å². The predicted octanol–water partition coefficient (Wildman–Crippen LogP) is 1.37. The summed E-state index contributed by atoms with van der Waals surface area (Å²) in [5.41, 5.74) is 12.0. The molecule has 0 radical (unpaired) electrons. The topological polar surface area (TPSA) is 132 Å². The first kappa shape index (κ1) is 13.9. The smallest absolute Gasteiger partial charge is 0.321 e. The Bertz CT molecular complexity index is 656. The van der Waals surface area contributed by atoms with Gasteiger partial charge in [-0.05, 0) is 12.5 Å². The molecule has 2 heterocycles. The number of furan rings is 1. The molecule has 0 aliphatic carbocycles. The van der Waals surface area contributed by atoms with Crippen LogP contribution in [0.3, 0.4) is 0 Å². The van der Waals surface area contributed by atoms with Crippen LogP contribution in [-0.4, -0.2) is 24.0 Å². The molecule has 2 amide bonds. The molecule has 8 nitrogen and oxygen atoms in total. The number of aryl methyl sites for hydroxylation is 1. The first-order valence-electron chi connectivity index (χ1n) is 5.64. The fraction of sp³-hybridized carbons (Fsp3) is 0.182. The molecule has 0 aliphatic heterocycles. The largest absolute Gasteiger partial charge is 0.438 e. The van der Waals surface area contributed by atoms with Crippen molar-refractivity contribution in [2.24, 2.45) is 16.5 Å². The van der Waals surface area contributed by atoms with Crippen LogP contribution >= 0.6 is 11.3 Å². The maximum atomic E-state index is 11.2. The summed E-state index contributed by atoms with van der Waals surface area (Å²) in [5.74, 6) is 0.849. The van der Waals surface area contributed by atoms with E-state index < -0.39 is 0 Å². The summed E-state index contributed by atoms with van der Waals surface area (Å²) < 4.78 is 5.55. The second-order valence-corrected chi connectivity index (χ2v) is 4.72. The third-order valence-electron chi connectivity index (χ3n) is 2.33. The van der Waals surface area contributed by atoms with E-state index in [4.69, 9.17) is 15.9 Å². The number of thiazole rings is 1. The molecule has 0 bridgehead atoms. The molecular weight excluding hydrogens is 280 g/mol. The zero-order valence-corrected chi connectivity index (χ0v) is 11.7. The van der Waals surface area contributed by atoms with Crippen molar-refractivity contribution in [1.82, 2.24) is 10.3 Å². The first-order chi connectivity index (χ1) is 9.49. The molecule has 2 aromatic heterocycles. The van der Waals surface area contributed by atoms with Gasteiger partial charge >= 0.3 is 6.03 Å². The van der Waals surface area contributed by atoms with E-state index in [-0.39, 0.29) is 12.0 Å². The Balaban J connectivity index is 2.26. The molecule has 0 fully saturated rings. The number of nitrogens with one attached hydrogen (secondary N) is 2. The van der Waals surface area contributed by atoms with Crippen molar-refractivity contribution in [2.45, 2.75) is 6.92 Å². The van der Waals surface area contributed by atoms with Gasteiger partial charge in [-0.25, -0.2) is 9.78 Å². The molecule has 9 heteroatoms. The lowest BCUT2D eigenvalue weighted by molar-refractivity contribution is 0.253. The molecule has 0 saturated heterocycles. The van der Waals surface area contributed by atoms with Crippen molar-refractivity contribution in [3.8, 4) is 11.5 Å². The Morgan fingerprint density at radius 3 is 2.90 bits per heavy atom. The normalized spacial score (nSPS) is 10.1. The SMILES string of the molecule is CNC(=O)Nc1cc(C)c(-c2csc(N=C(N)N)n2)o1. The van der Waals surface area contributed by atoms with Gasteiger partial charge < -0.3 is 21.2 Å². The molecule has 0 saturated carbocycles. The number of aromatic nitrogens is 1. The number of amides is 2. The second-order valence-electron chi connectivity index (χ2n) is 3.88. The minimum Gasteiger partial charge on any atom is -0.438 e. The molecule has 0 unspecified atom stereocenters. The van der Waals surface area contributed by atoms with Crippen molar-refractivity contribution in [3.63, 3.8) is 0 Å². The van der Waals surface area contributed by atoms with Gasteiger partial charge in [0.05, 0.1) is 0 Å². The third-order valence-corrected chi connectivity index (χ3v) is 3.07. The summed E-state index contributed by atoms with van der Waals surface area (Å²) in [6.07, 6.45) is 0. The van der Waals surface area contributed by atoms with E-state index in [0.29, 0.717) is 22.5 Å². The molecule has 2 rings (SSSR count). The summed E-state index contributed by atoms with van der Waals surface area (Å²) in [6.45, 7) is 1.85. The third kappa shape index (κ3) is 3.06. The van der Waals surface area contributed by atoms with Gasteiger partial charge in [-0.1, -0.05) is 0 Å². The van der Waals surface area contributed by atoms with Gasteiger partial charge in [0.15, 0.2) is 11.7 Å². The first-order valence-corrected chi connectivity index (χ1v) is 6.52. The maximum Gasteiger partial charge on any atom is 0.321 e. The number of carbonyl (C=O) groups is 1. The van der Waals surface area contributed by atoms with Crippen molar-refractivity contribution in [3.05, 3.63) is 17.0 Å². The Labute approximate surface area is 118 Å². The Morgan fingerprint density at radius 2 is 2.25 bits per heavy atom. The fourth-order valence-electron chi connectivity index (χ4n) is 1.50. The summed E-state index contributed by atoms with van der Waals surface area (Å²) in [7, 11) is 1.52. The number of carbonyl (C=O) groups excluding carboxylic acids is 1. The summed E-state index contributed by atoms with van der Waals surface area (Å²) in [5, 5.41) is 7.21. The summed E-state index contributed by atoms with van der Waals surface area (Å²) in [6, 6.07) is 1.36. The van der Waals surface area contributed by atoms with Crippen molar-refractivity contribution >= 4 is 34.3 Å².